The van der Waals surface area contributed by atoms with E-state index in [0.29, 0.717) is 12.1 Å². The molecule has 0 spiro atoms. The first kappa shape index (κ1) is 21.4. The highest BCUT2D eigenvalue weighted by atomic mass is 19.4. The van der Waals surface area contributed by atoms with E-state index in [0.717, 1.165) is 50.9 Å². The molecule has 1 saturated carbocycles. The molecule has 2 unspecified atom stereocenters. The van der Waals surface area contributed by atoms with Crippen molar-refractivity contribution in [2.24, 2.45) is 5.92 Å². The van der Waals surface area contributed by atoms with Gasteiger partial charge in [0.1, 0.15) is 5.75 Å². The number of hydrogen-bond donors (Lipinski definition) is 2. The number of aliphatic hydroxyl groups excluding tert-OH is 1. The number of aliphatic hydroxyl groups is 1. The number of hydrogen-bond acceptors (Lipinski definition) is 4. The molecule has 2 fully saturated rings. The molecule has 2 N–H and O–H groups in total. The second-order valence-corrected chi connectivity index (χ2v) is 8.43. The van der Waals surface area contributed by atoms with Crippen LogP contribution in [0.25, 0.3) is 0 Å². The van der Waals surface area contributed by atoms with E-state index in [-0.39, 0.29) is 17.6 Å². The first-order valence-corrected chi connectivity index (χ1v) is 10.2. The lowest BCUT2D eigenvalue weighted by Crippen LogP contribution is -2.55. The van der Waals surface area contributed by atoms with E-state index in [1.165, 1.54) is 12.1 Å². The molecule has 1 aromatic rings. The van der Waals surface area contributed by atoms with E-state index >= 15 is 0 Å². The minimum Gasteiger partial charge on any atom is -0.406 e. The molecular formula is C21H31F3N2O2. The lowest BCUT2D eigenvalue weighted by atomic mass is 9.74. The van der Waals surface area contributed by atoms with Crippen molar-refractivity contribution in [1.82, 2.24) is 10.2 Å². The molecule has 1 aliphatic heterocycles. The van der Waals surface area contributed by atoms with Gasteiger partial charge in [0.15, 0.2) is 0 Å². The largest absolute Gasteiger partial charge is 0.573 e. The van der Waals surface area contributed by atoms with Crippen molar-refractivity contribution in [2.75, 3.05) is 19.6 Å². The third-order valence-electron chi connectivity index (χ3n) is 5.91. The van der Waals surface area contributed by atoms with Gasteiger partial charge in [0.05, 0.1) is 6.10 Å². The van der Waals surface area contributed by atoms with Crippen molar-refractivity contribution in [2.45, 2.75) is 70.0 Å². The number of rotatable bonds is 5. The summed E-state index contributed by atoms with van der Waals surface area (Å²) in [5, 5.41) is 14.2. The van der Waals surface area contributed by atoms with Gasteiger partial charge >= 0.3 is 6.36 Å². The Bertz CT molecular complexity index is 630. The van der Waals surface area contributed by atoms with Crippen molar-refractivity contribution in [3.63, 3.8) is 0 Å². The number of halogens is 3. The second-order valence-electron chi connectivity index (χ2n) is 8.43. The molecule has 0 amide bonds. The fourth-order valence-electron chi connectivity index (χ4n) is 4.91. The zero-order chi connectivity index (χ0) is 20.3. The second kappa shape index (κ2) is 9.01. The third-order valence-corrected chi connectivity index (χ3v) is 5.91. The summed E-state index contributed by atoms with van der Waals surface area (Å²) in [6.45, 7) is 6.80. The van der Waals surface area contributed by atoms with Crippen LogP contribution >= 0.6 is 0 Å². The lowest BCUT2D eigenvalue weighted by Gasteiger charge is -2.41. The maximum atomic E-state index is 12.7. The van der Waals surface area contributed by atoms with Gasteiger partial charge in [-0.25, -0.2) is 0 Å². The van der Waals surface area contributed by atoms with Crippen LogP contribution in [0.3, 0.4) is 0 Å². The Labute approximate surface area is 165 Å². The van der Waals surface area contributed by atoms with Gasteiger partial charge in [-0.05, 0) is 50.3 Å². The van der Waals surface area contributed by atoms with E-state index < -0.39 is 12.5 Å². The standard InChI is InChI=1S/C21H31F3N2O2/c1-14-11-26(12-15(2)25-14)13-19(18-8-3-4-9-20(18)27)16-6-5-7-17(10-16)28-21(22,23)24/h5-7,10,14-15,18-20,25,27H,3-4,8-9,11-13H2,1-2H3/t14-,15+,18?,19-,20?/m1/s1. The summed E-state index contributed by atoms with van der Waals surface area (Å²) in [6, 6.07) is 7.03. The van der Waals surface area contributed by atoms with Crippen molar-refractivity contribution in [3.8, 4) is 5.75 Å². The molecule has 0 aromatic heterocycles. The van der Waals surface area contributed by atoms with E-state index in [4.69, 9.17) is 0 Å². The van der Waals surface area contributed by atoms with E-state index in [2.05, 4.69) is 28.8 Å². The van der Waals surface area contributed by atoms with Crippen LogP contribution in [0.2, 0.25) is 0 Å². The maximum absolute atomic E-state index is 12.7. The number of piperazine rings is 1. The van der Waals surface area contributed by atoms with Gasteiger partial charge in [0, 0.05) is 37.6 Å². The van der Waals surface area contributed by atoms with Gasteiger partial charge in [0.2, 0.25) is 0 Å². The number of nitrogens with zero attached hydrogens (tertiary/aromatic N) is 1. The van der Waals surface area contributed by atoms with Gasteiger partial charge in [-0.15, -0.1) is 13.2 Å². The molecule has 158 valence electrons. The third kappa shape index (κ3) is 5.84. The monoisotopic (exact) mass is 400 g/mol. The van der Waals surface area contributed by atoms with Crippen LogP contribution in [0.1, 0.15) is 51.0 Å². The highest BCUT2D eigenvalue weighted by Crippen LogP contribution is 2.38. The molecule has 28 heavy (non-hydrogen) atoms. The number of nitrogens with one attached hydrogen (secondary N) is 1. The van der Waals surface area contributed by atoms with Crippen LogP contribution in [0.5, 0.6) is 5.75 Å². The zero-order valence-electron chi connectivity index (χ0n) is 16.6. The summed E-state index contributed by atoms with van der Waals surface area (Å²) in [4.78, 5) is 2.37. The zero-order valence-corrected chi connectivity index (χ0v) is 16.6. The van der Waals surface area contributed by atoms with E-state index in [1.807, 2.05) is 6.07 Å². The quantitative estimate of drug-likeness (QED) is 0.787. The van der Waals surface area contributed by atoms with E-state index in [9.17, 15) is 18.3 Å². The van der Waals surface area contributed by atoms with Gasteiger partial charge in [-0.3, -0.25) is 4.90 Å². The van der Waals surface area contributed by atoms with Crippen LogP contribution in [-0.4, -0.2) is 54.2 Å². The topological polar surface area (TPSA) is 44.7 Å². The molecule has 7 heteroatoms. The Morgan fingerprint density at radius 1 is 1.18 bits per heavy atom. The van der Waals surface area contributed by atoms with Gasteiger partial charge in [0.25, 0.3) is 0 Å². The van der Waals surface area contributed by atoms with Crippen molar-refractivity contribution in [1.29, 1.82) is 0 Å². The first-order chi connectivity index (χ1) is 13.2. The van der Waals surface area contributed by atoms with Crippen LogP contribution in [0.4, 0.5) is 13.2 Å². The SMILES string of the molecule is C[C@@H]1CN(C[C@H](c2cccc(OC(F)(F)F)c2)C2CCCCC2O)C[C@H](C)N1. The number of alkyl halides is 3. The number of benzene rings is 1. The molecule has 1 saturated heterocycles. The van der Waals surface area contributed by atoms with Crippen molar-refractivity contribution < 1.29 is 23.0 Å². The maximum Gasteiger partial charge on any atom is 0.573 e. The summed E-state index contributed by atoms with van der Waals surface area (Å²) in [7, 11) is 0. The predicted octanol–water partition coefficient (Wildman–Crippen LogP) is 3.90. The lowest BCUT2D eigenvalue weighted by molar-refractivity contribution is -0.274. The molecular weight excluding hydrogens is 369 g/mol. The predicted molar refractivity (Wildman–Crippen MR) is 102 cm³/mol. The Kier molecular flexibility index (Phi) is 6.89. The van der Waals surface area contributed by atoms with Crippen molar-refractivity contribution >= 4 is 0 Å². The molecule has 2 aliphatic rings. The summed E-state index contributed by atoms with van der Waals surface area (Å²) < 4.78 is 42.2. The minimum atomic E-state index is -4.71. The van der Waals surface area contributed by atoms with Gasteiger partial charge < -0.3 is 15.2 Å². The van der Waals surface area contributed by atoms with Crippen LogP contribution in [0, 0.1) is 5.92 Å². The number of ether oxygens (including phenoxy) is 1. The summed E-state index contributed by atoms with van der Waals surface area (Å²) in [6.07, 6.45) is -1.42. The Morgan fingerprint density at radius 2 is 1.86 bits per heavy atom. The molecule has 0 bridgehead atoms. The molecule has 4 nitrogen and oxygen atoms in total. The first-order valence-electron chi connectivity index (χ1n) is 10.2. The molecule has 0 radical (unpaired) electrons. The summed E-state index contributed by atoms with van der Waals surface area (Å²) in [5.41, 5.74) is 0.812. The summed E-state index contributed by atoms with van der Waals surface area (Å²) in [5.74, 6) is -0.165. The Morgan fingerprint density at radius 3 is 2.50 bits per heavy atom. The molecule has 1 heterocycles. The van der Waals surface area contributed by atoms with Crippen LogP contribution < -0.4 is 10.1 Å². The highest BCUT2D eigenvalue weighted by molar-refractivity contribution is 5.32. The average Bonchev–Trinajstić information content (AvgIpc) is 2.58. The molecule has 3 rings (SSSR count). The fraction of sp³-hybridized carbons (Fsp3) is 0.714. The minimum absolute atomic E-state index is 0.0235. The average molecular weight is 400 g/mol. The van der Waals surface area contributed by atoms with Gasteiger partial charge in [-0.1, -0.05) is 25.0 Å². The van der Waals surface area contributed by atoms with E-state index in [1.54, 1.807) is 6.07 Å². The Hall–Kier alpha value is -1.31. The van der Waals surface area contributed by atoms with Crippen LogP contribution in [0.15, 0.2) is 24.3 Å². The highest BCUT2D eigenvalue weighted by Gasteiger charge is 2.35. The molecule has 1 aromatic carbocycles. The van der Waals surface area contributed by atoms with Crippen LogP contribution in [-0.2, 0) is 0 Å². The fourth-order valence-corrected chi connectivity index (χ4v) is 4.91. The Balaban J connectivity index is 1.84. The van der Waals surface area contributed by atoms with Crippen molar-refractivity contribution in [3.05, 3.63) is 29.8 Å². The molecule has 1 aliphatic carbocycles. The normalized spacial score (nSPS) is 30.8. The van der Waals surface area contributed by atoms with Gasteiger partial charge in [-0.2, -0.15) is 0 Å². The smallest absolute Gasteiger partial charge is 0.406 e. The summed E-state index contributed by atoms with van der Waals surface area (Å²) >= 11 is 0. The molecule has 5 atom stereocenters.